The van der Waals surface area contributed by atoms with E-state index in [-0.39, 0.29) is 12.0 Å². The van der Waals surface area contributed by atoms with E-state index in [4.69, 9.17) is 0 Å². The summed E-state index contributed by atoms with van der Waals surface area (Å²) in [6.07, 6.45) is 10.3. The molecule has 0 bridgehead atoms. The largest absolute Gasteiger partial charge is 0.323 e. The van der Waals surface area contributed by atoms with Gasteiger partial charge in [-0.15, -0.1) is 0 Å². The van der Waals surface area contributed by atoms with Crippen LogP contribution in [-0.2, 0) is 4.79 Å². The summed E-state index contributed by atoms with van der Waals surface area (Å²) in [6.45, 7) is 4.47. The molecule has 0 N–H and O–H groups in total. The van der Waals surface area contributed by atoms with Gasteiger partial charge in [-0.25, -0.2) is 4.98 Å². The monoisotopic (exact) mass is 348 g/mol. The molecular formula is C23H28N2O. The molecule has 3 nitrogen and oxygen atoms in total. The van der Waals surface area contributed by atoms with Gasteiger partial charge in [-0.1, -0.05) is 63.4 Å². The van der Waals surface area contributed by atoms with Crippen LogP contribution in [0.3, 0.4) is 0 Å². The fraction of sp³-hybridized carbons (Fsp3) is 0.478. The number of benzene rings is 1. The summed E-state index contributed by atoms with van der Waals surface area (Å²) >= 11 is 0. The Kier molecular flexibility index (Phi) is 4.80. The first kappa shape index (κ1) is 17.3. The van der Waals surface area contributed by atoms with E-state index in [0.717, 1.165) is 12.8 Å². The molecule has 0 amide bonds. The molecule has 2 heterocycles. The summed E-state index contributed by atoms with van der Waals surface area (Å²) in [5.41, 5.74) is 5.08. The van der Waals surface area contributed by atoms with Gasteiger partial charge in [-0.3, -0.25) is 4.79 Å². The average Bonchev–Trinajstić information content (AvgIpc) is 3.24. The van der Waals surface area contributed by atoms with Crippen LogP contribution in [0.2, 0.25) is 0 Å². The van der Waals surface area contributed by atoms with Crippen molar-refractivity contribution in [3.63, 3.8) is 0 Å². The van der Waals surface area contributed by atoms with E-state index in [1.165, 1.54) is 41.7 Å². The molecule has 0 saturated heterocycles. The van der Waals surface area contributed by atoms with Crippen LogP contribution in [0.25, 0.3) is 11.1 Å². The highest BCUT2D eigenvalue weighted by molar-refractivity contribution is 5.97. The van der Waals surface area contributed by atoms with Crippen LogP contribution in [0.4, 0.5) is 0 Å². The van der Waals surface area contributed by atoms with Crippen LogP contribution in [0.15, 0.2) is 42.9 Å². The van der Waals surface area contributed by atoms with Gasteiger partial charge in [0.15, 0.2) is 0 Å². The highest BCUT2D eigenvalue weighted by Gasteiger charge is 2.35. The zero-order chi connectivity index (χ0) is 18.1. The topological polar surface area (TPSA) is 34.9 Å². The van der Waals surface area contributed by atoms with Crippen molar-refractivity contribution in [3.05, 3.63) is 54.1 Å². The van der Waals surface area contributed by atoms with E-state index < -0.39 is 0 Å². The zero-order valence-corrected chi connectivity index (χ0v) is 15.8. The number of hydrogen-bond donors (Lipinski definition) is 0. The molecule has 2 aliphatic rings. The third-order valence-corrected chi connectivity index (χ3v) is 6.02. The third-order valence-electron chi connectivity index (χ3n) is 6.02. The summed E-state index contributed by atoms with van der Waals surface area (Å²) in [7, 11) is 0. The number of aromatic nitrogens is 2. The summed E-state index contributed by atoms with van der Waals surface area (Å²) in [5.74, 6) is 1.10. The lowest BCUT2D eigenvalue weighted by atomic mass is 9.82. The van der Waals surface area contributed by atoms with Crippen molar-refractivity contribution >= 4 is 16.9 Å². The molecular weight excluding hydrogens is 320 g/mol. The van der Waals surface area contributed by atoms with E-state index in [1.807, 2.05) is 12.5 Å². The standard InChI is InChI=1S/C23H28N2O/c1-16(2)22-20-14-24-15-25(20)19(23(22)18-11-7-4-8-12-18)13-21(26)17-9-5-3-6-10-17/h4,7-8,11-12,14-17,19H,3,5-6,9-10,13H2,1-2H3. The smallest absolute Gasteiger partial charge is 0.138 e. The first-order chi connectivity index (χ1) is 12.7. The molecule has 136 valence electrons. The number of carbonyl (C=O) groups is 1. The predicted molar refractivity (Wildman–Crippen MR) is 106 cm³/mol. The molecule has 3 heteroatoms. The molecule has 1 fully saturated rings. The van der Waals surface area contributed by atoms with Crippen LogP contribution >= 0.6 is 0 Å². The molecule has 1 saturated carbocycles. The summed E-state index contributed by atoms with van der Waals surface area (Å²) < 4.78 is 2.23. The Labute approximate surface area is 156 Å². The minimum absolute atomic E-state index is 0.0849. The van der Waals surface area contributed by atoms with E-state index in [0.29, 0.717) is 18.1 Å². The van der Waals surface area contributed by atoms with Gasteiger partial charge in [0.2, 0.25) is 0 Å². The number of allylic oxidation sites excluding steroid dienone is 2. The van der Waals surface area contributed by atoms with Crippen LogP contribution in [0, 0.1) is 11.8 Å². The summed E-state index contributed by atoms with van der Waals surface area (Å²) in [5, 5.41) is 0. The molecule has 26 heavy (non-hydrogen) atoms. The van der Waals surface area contributed by atoms with Gasteiger partial charge >= 0.3 is 0 Å². The fourth-order valence-electron chi connectivity index (χ4n) is 4.77. The predicted octanol–water partition coefficient (Wildman–Crippen LogP) is 5.54. The van der Waals surface area contributed by atoms with Crippen molar-refractivity contribution in [3.8, 4) is 0 Å². The number of Topliss-reactive ketones (excluding diaryl/α,β-unsaturated/α-hetero) is 1. The van der Waals surface area contributed by atoms with Crippen LogP contribution in [0.1, 0.15) is 69.7 Å². The van der Waals surface area contributed by atoms with Crippen molar-refractivity contribution in [2.24, 2.45) is 11.8 Å². The van der Waals surface area contributed by atoms with Crippen molar-refractivity contribution in [1.29, 1.82) is 0 Å². The zero-order valence-electron chi connectivity index (χ0n) is 15.8. The highest BCUT2D eigenvalue weighted by Crippen LogP contribution is 2.47. The number of carbonyl (C=O) groups excluding carboxylic acids is 1. The Bertz CT molecular complexity index is 810. The molecule has 1 aromatic carbocycles. The lowest BCUT2D eigenvalue weighted by Crippen LogP contribution is -2.21. The Morgan fingerprint density at radius 2 is 1.88 bits per heavy atom. The van der Waals surface area contributed by atoms with Crippen LogP contribution in [0.5, 0.6) is 0 Å². The lowest BCUT2D eigenvalue weighted by molar-refractivity contribution is -0.124. The Morgan fingerprint density at radius 3 is 2.58 bits per heavy atom. The van der Waals surface area contributed by atoms with E-state index in [9.17, 15) is 4.79 Å². The second kappa shape index (κ2) is 7.22. The molecule has 4 rings (SSSR count). The number of imidazole rings is 1. The van der Waals surface area contributed by atoms with Crippen molar-refractivity contribution in [2.45, 2.75) is 58.4 Å². The molecule has 1 atom stereocenters. The summed E-state index contributed by atoms with van der Waals surface area (Å²) in [4.78, 5) is 17.5. The first-order valence-electron chi connectivity index (χ1n) is 10.0. The second-order valence-electron chi connectivity index (χ2n) is 8.06. The molecule has 1 aliphatic carbocycles. The number of fused-ring (bicyclic) bond motifs is 1. The van der Waals surface area contributed by atoms with Gasteiger partial charge < -0.3 is 4.57 Å². The maximum atomic E-state index is 13.1. The minimum atomic E-state index is 0.0849. The Balaban J connectivity index is 1.72. The van der Waals surface area contributed by atoms with Crippen molar-refractivity contribution in [1.82, 2.24) is 9.55 Å². The van der Waals surface area contributed by atoms with Gasteiger partial charge in [0, 0.05) is 12.3 Å². The second-order valence-corrected chi connectivity index (χ2v) is 8.06. The number of ketones is 1. The molecule has 1 aromatic heterocycles. The minimum Gasteiger partial charge on any atom is -0.323 e. The Morgan fingerprint density at radius 1 is 1.15 bits per heavy atom. The first-order valence-corrected chi connectivity index (χ1v) is 10.0. The molecule has 1 unspecified atom stereocenters. The Hall–Kier alpha value is -2.16. The SMILES string of the molecule is CC(C)C1=C(c2ccccc2)C(CC(=O)C2CCCCC2)n2cncc21. The normalized spacial score (nSPS) is 20.7. The quantitative estimate of drug-likeness (QED) is 0.710. The molecule has 1 aliphatic heterocycles. The molecule has 2 aromatic rings. The maximum Gasteiger partial charge on any atom is 0.138 e. The maximum absolute atomic E-state index is 13.1. The van der Waals surface area contributed by atoms with Crippen LogP contribution < -0.4 is 0 Å². The fourth-order valence-corrected chi connectivity index (χ4v) is 4.77. The molecule has 0 radical (unpaired) electrons. The van der Waals surface area contributed by atoms with E-state index >= 15 is 0 Å². The number of rotatable bonds is 5. The summed E-state index contributed by atoms with van der Waals surface area (Å²) in [6, 6.07) is 10.7. The highest BCUT2D eigenvalue weighted by atomic mass is 16.1. The van der Waals surface area contributed by atoms with Gasteiger partial charge in [0.1, 0.15) is 5.78 Å². The number of hydrogen-bond acceptors (Lipinski definition) is 2. The van der Waals surface area contributed by atoms with Crippen molar-refractivity contribution < 1.29 is 4.79 Å². The van der Waals surface area contributed by atoms with E-state index in [1.54, 1.807) is 0 Å². The number of nitrogens with zero attached hydrogens (tertiary/aromatic N) is 2. The third kappa shape index (κ3) is 3.04. The van der Waals surface area contributed by atoms with E-state index in [2.05, 4.69) is 53.7 Å². The van der Waals surface area contributed by atoms with Gasteiger partial charge in [-0.2, -0.15) is 0 Å². The van der Waals surface area contributed by atoms with Gasteiger partial charge in [0.05, 0.1) is 24.3 Å². The van der Waals surface area contributed by atoms with Crippen LogP contribution in [-0.4, -0.2) is 15.3 Å². The van der Waals surface area contributed by atoms with Gasteiger partial charge in [-0.05, 0) is 35.5 Å². The molecule has 0 spiro atoms. The van der Waals surface area contributed by atoms with Crippen molar-refractivity contribution in [2.75, 3.05) is 0 Å². The van der Waals surface area contributed by atoms with Gasteiger partial charge in [0.25, 0.3) is 0 Å². The lowest BCUT2D eigenvalue weighted by Gasteiger charge is -2.24. The average molecular weight is 348 g/mol.